The van der Waals surface area contributed by atoms with Crippen LogP contribution in [0.4, 0.5) is 11.4 Å². The molecular weight excluding hydrogens is 355 g/mol. The average molecular weight is 367 g/mol. The lowest BCUT2D eigenvalue weighted by Crippen LogP contribution is -2.13. The lowest BCUT2D eigenvalue weighted by Gasteiger charge is -2.10. The van der Waals surface area contributed by atoms with Gasteiger partial charge in [-0.25, -0.2) is 0 Å². The molecule has 0 saturated carbocycles. The second-order valence-electron chi connectivity index (χ2n) is 5.02. The molecule has 6 nitrogen and oxygen atoms in total. The number of amides is 2. The van der Waals surface area contributed by atoms with E-state index in [0.717, 1.165) is 0 Å². The lowest BCUT2D eigenvalue weighted by atomic mass is 10.1. The first-order valence-electron chi connectivity index (χ1n) is 6.91. The number of fused-ring (bicyclic) bond motifs is 1. The predicted molar refractivity (Wildman–Crippen MR) is 91.3 cm³/mol. The highest BCUT2D eigenvalue weighted by Crippen LogP contribution is 2.40. The van der Waals surface area contributed by atoms with Crippen LogP contribution >= 0.6 is 23.2 Å². The summed E-state index contributed by atoms with van der Waals surface area (Å²) in [7, 11) is 0. The molecule has 24 heavy (non-hydrogen) atoms. The van der Waals surface area contributed by atoms with E-state index < -0.39 is 0 Å². The Hall–Kier alpha value is -2.44. The minimum Gasteiger partial charge on any atom is -0.454 e. The summed E-state index contributed by atoms with van der Waals surface area (Å²) in [6.07, 6.45) is 0. The van der Waals surface area contributed by atoms with Crippen molar-refractivity contribution in [3.05, 3.63) is 45.9 Å². The molecule has 0 spiro atoms. The molecule has 124 valence electrons. The monoisotopic (exact) mass is 366 g/mol. The third-order valence-corrected chi connectivity index (χ3v) is 3.83. The lowest BCUT2D eigenvalue weighted by molar-refractivity contribution is -0.114. The summed E-state index contributed by atoms with van der Waals surface area (Å²) in [5, 5.41) is 5.97. The number of carbonyl (C=O) groups excluding carboxylic acids is 2. The topological polar surface area (TPSA) is 76.7 Å². The van der Waals surface area contributed by atoms with Gasteiger partial charge in [0.25, 0.3) is 5.91 Å². The Balaban J connectivity index is 1.83. The van der Waals surface area contributed by atoms with Gasteiger partial charge in [0.2, 0.25) is 12.7 Å². The standard InChI is InChI=1S/C16H12Cl2N2O4/c1-8(21)19-13-6-10(2-3-11(13)17)20-16(22)9-4-12(18)15-14(5-9)23-7-24-15/h2-6H,7H2,1H3,(H,19,21)(H,20,22). The van der Waals surface area contributed by atoms with Crippen LogP contribution in [0.1, 0.15) is 17.3 Å². The summed E-state index contributed by atoms with van der Waals surface area (Å²) in [5.41, 5.74) is 1.20. The van der Waals surface area contributed by atoms with Crippen molar-refractivity contribution in [1.29, 1.82) is 0 Å². The Labute approximate surface area is 147 Å². The molecule has 2 aromatic rings. The van der Waals surface area contributed by atoms with Crippen LogP contribution in [0.3, 0.4) is 0 Å². The number of benzene rings is 2. The maximum atomic E-state index is 12.4. The molecule has 1 aliphatic rings. The van der Waals surface area contributed by atoms with Crippen LogP contribution in [-0.2, 0) is 4.79 Å². The van der Waals surface area contributed by atoms with Crippen LogP contribution in [-0.4, -0.2) is 18.6 Å². The molecule has 1 aliphatic heterocycles. The third-order valence-electron chi connectivity index (χ3n) is 3.22. The third kappa shape index (κ3) is 3.39. The summed E-state index contributed by atoms with van der Waals surface area (Å²) < 4.78 is 10.5. The van der Waals surface area contributed by atoms with Crippen LogP contribution in [0.25, 0.3) is 0 Å². The van der Waals surface area contributed by atoms with Crippen LogP contribution in [0, 0.1) is 0 Å². The van der Waals surface area contributed by atoms with Crippen molar-refractivity contribution in [3.63, 3.8) is 0 Å². The molecule has 3 rings (SSSR count). The van der Waals surface area contributed by atoms with E-state index in [9.17, 15) is 9.59 Å². The summed E-state index contributed by atoms with van der Waals surface area (Å²) in [4.78, 5) is 23.6. The Morgan fingerprint density at radius 1 is 1.04 bits per heavy atom. The number of rotatable bonds is 3. The average Bonchev–Trinajstić information content (AvgIpc) is 2.99. The molecule has 0 aliphatic carbocycles. The molecule has 2 N–H and O–H groups in total. The van der Waals surface area contributed by atoms with E-state index in [4.69, 9.17) is 32.7 Å². The highest BCUT2D eigenvalue weighted by atomic mass is 35.5. The fraction of sp³-hybridized carbons (Fsp3) is 0.125. The summed E-state index contributed by atoms with van der Waals surface area (Å²) in [6, 6.07) is 7.81. The first kappa shape index (κ1) is 16.4. The first-order chi connectivity index (χ1) is 11.4. The Morgan fingerprint density at radius 2 is 1.83 bits per heavy atom. The van der Waals surface area contributed by atoms with Crippen molar-refractivity contribution in [3.8, 4) is 11.5 Å². The van der Waals surface area contributed by atoms with Gasteiger partial charge < -0.3 is 20.1 Å². The quantitative estimate of drug-likeness (QED) is 0.862. The molecule has 0 fully saturated rings. The van der Waals surface area contributed by atoms with Crippen LogP contribution < -0.4 is 20.1 Å². The number of halogens is 2. The fourth-order valence-electron chi connectivity index (χ4n) is 2.19. The maximum absolute atomic E-state index is 12.4. The largest absolute Gasteiger partial charge is 0.454 e. The summed E-state index contributed by atoms with van der Waals surface area (Å²) in [6.45, 7) is 1.44. The van der Waals surface area contributed by atoms with Crippen LogP contribution in [0.5, 0.6) is 11.5 Å². The minimum absolute atomic E-state index is 0.0669. The Bertz CT molecular complexity index is 839. The van der Waals surface area contributed by atoms with E-state index in [1.165, 1.54) is 13.0 Å². The molecule has 2 aromatic carbocycles. The molecule has 0 unspecified atom stereocenters. The van der Waals surface area contributed by atoms with E-state index in [2.05, 4.69) is 10.6 Å². The van der Waals surface area contributed by atoms with Gasteiger partial charge in [0.1, 0.15) is 0 Å². The molecule has 0 radical (unpaired) electrons. The van der Waals surface area contributed by atoms with Gasteiger partial charge in [-0.15, -0.1) is 0 Å². The molecule has 1 heterocycles. The first-order valence-corrected chi connectivity index (χ1v) is 7.67. The highest BCUT2D eigenvalue weighted by Gasteiger charge is 2.20. The number of hydrogen-bond acceptors (Lipinski definition) is 4. The van der Waals surface area contributed by atoms with Gasteiger partial charge in [0, 0.05) is 18.2 Å². The van der Waals surface area contributed by atoms with Gasteiger partial charge >= 0.3 is 0 Å². The molecular formula is C16H12Cl2N2O4. The summed E-state index contributed by atoms with van der Waals surface area (Å²) >= 11 is 12.1. The van der Waals surface area contributed by atoms with Crippen molar-refractivity contribution < 1.29 is 19.1 Å². The number of ether oxygens (including phenoxy) is 2. The van der Waals surface area contributed by atoms with Gasteiger partial charge in [0.05, 0.1) is 15.7 Å². The zero-order valence-corrected chi connectivity index (χ0v) is 14.0. The second-order valence-corrected chi connectivity index (χ2v) is 5.84. The number of anilines is 2. The minimum atomic E-state index is -0.383. The van der Waals surface area contributed by atoms with Crippen LogP contribution in [0.15, 0.2) is 30.3 Å². The Kier molecular flexibility index (Phi) is 4.51. The van der Waals surface area contributed by atoms with Crippen molar-refractivity contribution in [2.75, 3.05) is 17.4 Å². The number of nitrogens with one attached hydrogen (secondary N) is 2. The number of hydrogen-bond donors (Lipinski definition) is 2. The van der Waals surface area contributed by atoms with E-state index >= 15 is 0 Å². The second kappa shape index (κ2) is 6.59. The normalized spacial score (nSPS) is 12.0. The SMILES string of the molecule is CC(=O)Nc1cc(NC(=O)c2cc(Cl)c3c(c2)OCO3)ccc1Cl. The van der Waals surface area contributed by atoms with Gasteiger partial charge in [-0.3, -0.25) is 9.59 Å². The molecule has 0 bridgehead atoms. The predicted octanol–water partition coefficient (Wildman–Crippen LogP) is 3.93. The van der Waals surface area contributed by atoms with Crippen molar-refractivity contribution in [2.24, 2.45) is 0 Å². The molecule has 0 aromatic heterocycles. The zero-order valence-electron chi connectivity index (χ0n) is 12.5. The van der Waals surface area contributed by atoms with Crippen molar-refractivity contribution >= 4 is 46.4 Å². The zero-order chi connectivity index (χ0) is 17.3. The van der Waals surface area contributed by atoms with Crippen LogP contribution in [0.2, 0.25) is 10.0 Å². The molecule has 8 heteroatoms. The molecule has 0 atom stereocenters. The van der Waals surface area contributed by atoms with E-state index in [1.807, 2.05) is 0 Å². The maximum Gasteiger partial charge on any atom is 0.255 e. The Morgan fingerprint density at radius 3 is 2.58 bits per heavy atom. The molecule has 2 amide bonds. The smallest absolute Gasteiger partial charge is 0.255 e. The summed E-state index contributed by atoms with van der Waals surface area (Å²) in [5.74, 6) is 0.199. The van der Waals surface area contributed by atoms with Gasteiger partial charge in [0.15, 0.2) is 11.5 Å². The highest BCUT2D eigenvalue weighted by molar-refractivity contribution is 6.34. The molecule has 0 saturated heterocycles. The van der Waals surface area contributed by atoms with E-state index in [0.29, 0.717) is 38.5 Å². The van der Waals surface area contributed by atoms with Crippen molar-refractivity contribution in [1.82, 2.24) is 0 Å². The number of carbonyl (C=O) groups is 2. The van der Waals surface area contributed by atoms with Gasteiger partial charge in [-0.2, -0.15) is 0 Å². The van der Waals surface area contributed by atoms with Gasteiger partial charge in [-0.05, 0) is 30.3 Å². The van der Waals surface area contributed by atoms with Crippen molar-refractivity contribution in [2.45, 2.75) is 6.92 Å². The fourth-order valence-corrected chi connectivity index (χ4v) is 2.62. The van der Waals surface area contributed by atoms with E-state index in [-0.39, 0.29) is 18.6 Å². The van der Waals surface area contributed by atoms with Gasteiger partial charge in [-0.1, -0.05) is 23.2 Å². The van der Waals surface area contributed by atoms with E-state index in [1.54, 1.807) is 24.3 Å².